The fourth-order valence-corrected chi connectivity index (χ4v) is 2.69. The topological polar surface area (TPSA) is 87.3 Å². The molecule has 0 aromatic rings. The quantitative estimate of drug-likeness (QED) is 0.733. The minimum absolute atomic E-state index is 0.280. The average molecular weight is 304 g/mol. The van der Waals surface area contributed by atoms with E-state index in [0.29, 0.717) is 6.54 Å². The minimum atomic E-state index is -0.694. The molecule has 8 heteroatoms. The van der Waals surface area contributed by atoms with E-state index in [1.165, 1.54) is 0 Å². The highest BCUT2D eigenvalue weighted by Crippen LogP contribution is 2.39. The summed E-state index contributed by atoms with van der Waals surface area (Å²) in [6.07, 6.45) is -1.88. The Balaban J connectivity index is 2.01. The molecule has 2 heterocycles. The van der Waals surface area contributed by atoms with Gasteiger partial charge >= 0.3 is 6.03 Å². The van der Waals surface area contributed by atoms with Crippen LogP contribution < -0.4 is 10.6 Å². The second-order valence-corrected chi connectivity index (χ2v) is 5.50. The minimum Gasteiger partial charge on any atom is -0.377 e. The van der Waals surface area contributed by atoms with Gasteiger partial charge in [0.25, 0.3) is 0 Å². The van der Waals surface area contributed by atoms with Crippen LogP contribution in [-0.2, 0) is 23.7 Å². The maximum Gasteiger partial charge on any atom is 0.314 e. The first-order chi connectivity index (χ1) is 9.91. The standard InChI is InChI=1S/C13H24N2O6/c1-13(2)20-10-9(18-5)8(19-11(10)21-13)7(17-4)6-15-12(16)14-3/h7-11H,6H2,1-5H3,(H2,14,15,16)/t7-,8-,9+,10-,11-/m1/s1. The highest BCUT2D eigenvalue weighted by Gasteiger charge is 2.56. The largest absolute Gasteiger partial charge is 0.377 e. The van der Waals surface area contributed by atoms with Crippen LogP contribution in [0.25, 0.3) is 0 Å². The maximum absolute atomic E-state index is 11.3. The number of carbonyl (C=O) groups excluding carboxylic acids is 1. The predicted octanol–water partition coefficient (Wildman–Crippen LogP) is -0.178. The van der Waals surface area contributed by atoms with Gasteiger partial charge in [-0.3, -0.25) is 0 Å². The number of fused-ring (bicyclic) bond motifs is 1. The van der Waals surface area contributed by atoms with Gasteiger partial charge in [0.1, 0.15) is 24.4 Å². The van der Waals surface area contributed by atoms with Gasteiger partial charge in [0.05, 0.1) is 0 Å². The second-order valence-electron chi connectivity index (χ2n) is 5.50. The lowest BCUT2D eigenvalue weighted by atomic mass is 10.1. The molecule has 0 aromatic heterocycles. The zero-order valence-electron chi connectivity index (χ0n) is 13.0. The molecule has 21 heavy (non-hydrogen) atoms. The molecule has 0 bridgehead atoms. The molecule has 0 spiro atoms. The molecule has 5 atom stereocenters. The molecule has 2 aliphatic rings. The Bertz CT molecular complexity index is 378. The van der Waals surface area contributed by atoms with E-state index < -0.39 is 12.1 Å². The Kier molecular flexibility index (Phi) is 5.05. The summed E-state index contributed by atoms with van der Waals surface area (Å²) in [6, 6.07) is -0.280. The summed E-state index contributed by atoms with van der Waals surface area (Å²) in [6.45, 7) is 3.96. The Hall–Kier alpha value is -0.930. The van der Waals surface area contributed by atoms with E-state index in [4.69, 9.17) is 23.7 Å². The van der Waals surface area contributed by atoms with Crippen molar-refractivity contribution in [2.75, 3.05) is 27.8 Å². The van der Waals surface area contributed by atoms with Gasteiger partial charge in [0.15, 0.2) is 12.1 Å². The summed E-state index contributed by atoms with van der Waals surface area (Å²) in [7, 11) is 4.71. The molecule has 2 amide bonds. The van der Waals surface area contributed by atoms with Crippen LogP contribution in [0.4, 0.5) is 4.79 Å². The normalized spacial score (nSPS) is 35.3. The number of carbonyl (C=O) groups is 1. The molecule has 2 rings (SSSR count). The predicted molar refractivity (Wildman–Crippen MR) is 72.8 cm³/mol. The fourth-order valence-electron chi connectivity index (χ4n) is 2.69. The van der Waals surface area contributed by atoms with Crippen LogP contribution in [0, 0.1) is 0 Å². The second kappa shape index (κ2) is 6.45. The van der Waals surface area contributed by atoms with Crippen LogP contribution in [0.3, 0.4) is 0 Å². The molecule has 2 saturated heterocycles. The molecule has 8 nitrogen and oxygen atoms in total. The van der Waals surface area contributed by atoms with Crippen LogP contribution >= 0.6 is 0 Å². The Labute approximate surface area is 124 Å². The smallest absolute Gasteiger partial charge is 0.314 e. The van der Waals surface area contributed by atoms with Crippen molar-refractivity contribution >= 4 is 6.03 Å². The molecule has 0 unspecified atom stereocenters. The highest BCUT2D eigenvalue weighted by molar-refractivity contribution is 5.73. The van der Waals surface area contributed by atoms with E-state index >= 15 is 0 Å². The number of hydrogen-bond donors (Lipinski definition) is 2. The summed E-state index contributed by atoms with van der Waals surface area (Å²) in [5, 5.41) is 5.18. The Morgan fingerprint density at radius 2 is 2.05 bits per heavy atom. The number of methoxy groups -OCH3 is 2. The van der Waals surface area contributed by atoms with Gasteiger partial charge in [-0.1, -0.05) is 0 Å². The molecule has 2 fully saturated rings. The number of amides is 2. The van der Waals surface area contributed by atoms with Crippen LogP contribution in [0.5, 0.6) is 0 Å². The van der Waals surface area contributed by atoms with Crippen molar-refractivity contribution in [3.05, 3.63) is 0 Å². The van der Waals surface area contributed by atoms with Gasteiger partial charge in [-0.05, 0) is 13.8 Å². The van der Waals surface area contributed by atoms with E-state index in [-0.39, 0.29) is 30.4 Å². The fraction of sp³-hybridized carbons (Fsp3) is 0.923. The van der Waals surface area contributed by atoms with Gasteiger partial charge in [0.2, 0.25) is 0 Å². The Morgan fingerprint density at radius 1 is 1.33 bits per heavy atom. The van der Waals surface area contributed by atoms with Crippen molar-refractivity contribution in [3.63, 3.8) is 0 Å². The number of hydrogen-bond acceptors (Lipinski definition) is 6. The van der Waals surface area contributed by atoms with Crippen molar-refractivity contribution < 1.29 is 28.5 Å². The van der Waals surface area contributed by atoms with Gasteiger partial charge in [-0.2, -0.15) is 0 Å². The third-order valence-corrected chi connectivity index (χ3v) is 3.66. The van der Waals surface area contributed by atoms with Crippen LogP contribution in [0.15, 0.2) is 0 Å². The van der Waals surface area contributed by atoms with E-state index in [1.807, 2.05) is 13.8 Å². The number of ether oxygens (including phenoxy) is 5. The summed E-state index contributed by atoms with van der Waals surface area (Å²) in [5.74, 6) is -0.694. The lowest BCUT2D eigenvalue weighted by Crippen LogP contribution is -2.48. The first-order valence-corrected chi connectivity index (χ1v) is 6.94. The third kappa shape index (κ3) is 3.46. The summed E-state index contributed by atoms with van der Waals surface area (Å²) in [5.41, 5.74) is 0. The average Bonchev–Trinajstić information content (AvgIpc) is 2.90. The SMILES string of the molecule is CNC(=O)NC[C@@H](OC)[C@H]1O[C@@H]2OC(C)(C)O[C@@H]2[C@H]1OC. The summed E-state index contributed by atoms with van der Waals surface area (Å²) in [4.78, 5) is 11.3. The van der Waals surface area contributed by atoms with Gasteiger partial charge in [-0.15, -0.1) is 0 Å². The molecular formula is C13H24N2O6. The third-order valence-electron chi connectivity index (χ3n) is 3.66. The summed E-state index contributed by atoms with van der Waals surface area (Å²) < 4.78 is 28.3. The van der Waals surface area contributed by atoms with Crippen LogP contribution in [0.1, 0.15) is 13.8 Å². The molecule has 2 aliphatic heterocycles. The molecule has 2 N–H and O–H groups in total. The van der Waals surface area contributed by atoms with Crippen LogP contribution in [-0.4, -0.2) is 70.3 Å². The zero-order valence-corrected chi connectivity index (χ0v) is 13.0. The summed E-state index contributed by atoms with van der Waals surface area (Å²) >= 11 is 0. The number of rotatable bonds is 5. The molecular weight excluding hydrogens is 280 g/mol. The Morgan fingerprint density at radius 3 is 2.62 bits per heavy atom. The van der Waals surface area contributed by atoms with Crippen molar-refractivity contribution in [2.24, 2.45) is 0 Å². The molecule has 0 aliphatic carbocycles. The zero-order chi connectivity index (χ0) is 15.6. The molecule has 0 radical (unpaired) electrons. The van der Waals surface area contributed by atoms with Gasteiger partial charge < -0.3 is 34.3 Å². The van der Waals surface area contributed by atoms with E-state index in [2.05, 4.69) is 10.6 Å². The molecule has 0 saturated carbocycles. The molecule has 0 aromatic carbocycles. The first kappa shape index (κ1) is 16.4. The van der Waals surface area contributed by atoms with Crippen molar-refractivity contribution in [2.45, 2.75) is 50.3 Å². The lowest BCUT2D eigenvalue weighted by Gasteiger charge is -2.29. The van der Waals surface area contributed by atoms with Gasteiger partial charge in [0, 0.05) is 27.8 Å². The van der Waals surface area contributed by atoms with E-state index in [1.54, 1.807) is 21.3 Å². The van der Waals surface area contributed by atoms with Crippen LogP contribution in [0.2, 0.25) is 0 Å². The van der Waals surface area contributed by atoms with Crippen molar-refractivity contribution in [1.82, 2.24) is 10.6 Å². The van der Waals surface area contributed by atoms with E-state index in [0.717, 1.165) is 0 Å². The van der Waals surface area contributed by atoms with E-state index in [9.17, 15) is 4.79 Å². The van der Waals surface area contributed by atoms with Crippen molar-refractivity contribution in [3.8, 4) is 0 Å². The number of urea groups is 1. The van der Waals surface area contributed by atoms with Crippen molar-refractivity contribution in [1.29, 1.82) is 0 Å². The van der Waals surface area contributed by atoms with Gasteiger partial charge in [-0.25, -0.2) is 4.79 Å². The highest BCUT2D eigenvalue weighted by atomic mass is 16.8. The first-order valence-electron chi connectivity index (χ1n) is 6.94. The number of nitrogens with one attached hydrogen (secondary N) is 2. The molecule has 122 valence electrons. The maximum atomic E-state index is 11.3. The lowest BCUT2D eigenvalue weighted by molar-refractivity contribution is -0.228. The monoisotopic (exact) mass is 304 g/mol.